The topological polar surface area (TPSA) is 91.2 Å². The van der Waals surface area contributed by atoms with Crippen LogP contribution in [-0.4, -0.2) is 56.8 Å². The molecule has 0 radical (unpaired) electrons. The number of aliphatic hydroxyl groups is 1. The number of benzene rings is 1. The third-order valence-corrected chi connectivity index (χ3v) is 8.23. The van der Waals surface area contributed by atoms with Gasteiger partial charge in [0.1, 0.15) is 11.4 Å². The number of pyridine rings is 3. The van der Waals surface area contributed by atoms with E-state index in [4.69, 9.17) is 9.97 Å². The molecule has 41 heavy (non-hydrogen) atoms. The fraction of sp³-hybridized carbons (Fsp3) is 0.310. The number of thioether (sulfide) groups is 1. The zero-order chi connectivity index (χ0) is 28.8. The Morgan fingerprint density at radius 1 is 1.00 bits per heavy atom. The van der Waals surface area contributed by atoms with E-state index in [0.29, 0.717) is 52.3 Å². The quantitative estimate of drug-likeness (QED) is 0.208. The van der Waals surface area contributed by atoms with Gasteiger partial charge in [0.05, 0.1) is 29.1 Å². The Balaban J connectivity index is 1.13. The molecule has 2 N–H and O–H groups in total. The third kappa shape index (κ3) is 5.58. The van der Waals surface area contributed by atoms with Crippen molar-refractivity contribution in [3.05, 3.63) is 78.1 Å². The number of nitrogens with one attached hydrogen (secondary N) is 1. The number of rotatable bonds is 8. The maximum absolute atomic E-state index is 13.0. The molecule has 2 fully saturated rings. The van der Waals surface area contributed by atoms with E-state index in [0.717, 1.165) is 11.2 Å². The molecule has 0 unspecified atom stereocenters. The van der Waals surface area contributed by atoms with Crippen LogP contribution < -0.4 is 10.2 Å². The predicted octanol–water partition coefficient (Wildman–Crippen LogP) is 5.53. The molecule has 3 aromatic heterocycles. The van der Waals surface area contributed by atoms with E-state index < -0.39 is 23.7 Å². The van der Waals surface area contributed by atoms with E-state index in [-0.39, 0.29) is 30.4 Å². The summed E-state index contributed by atoms with van der Waals surface area (Å²) in [7, 11) is 0. The number of halogens is 4. The van der Waals surface area contributed by atoms with Crippen LogP contribution in [0.2, 0.25) is 0 Å². The van der Waals surface area contributed by atoms with Crippen LogP contribution >= 0.6 is 11.8 Å². The van der Waals surface area contributed by atoms with Gasteiger partial charge in [-0.05, 0) is 61.4 Å². The number of hydrogen-bond acceptors (Lipinski definition) is 7. The Labute approximate surface area is 237 Å². The summed E-state index contributed by atoms with van der Waals surface area (Å²) in [5, 5.41) is 13.5. The fourth-order valence-electron chi connectivity index (χ4n) is 5.68. The Morgan fingerprint density at radius 3 is 2.51 bits per heavy atom. The van der Waals surface area contributed by atoms with E-state index in [2.05, 4.69) is 10.3 Å². The summed E-state index contributed by atoms with van der Waals surface area (Å²) in [5.74, 6) is -2.25. The summed E-state index contributed by atoms with van der Waals surface area (Å²) in [5.41, 5.74) is 0.650. The minimum atomic E-state index is -2.73. The molecule has 2 aliphatic rings. The number of carbonyl (C=O) groups is 1. The second-order valence-corrected chi connectivity index (χ2v) is 11.7. The third-order valence-electron chi connectivity index (χ3n) is 7.52. The lowest BCUT2D eigenvalue weighted by atomic mass is 9.55. The summed E-state index contributed by atoms with van der Waals surface area (Å²) in [6.45, 7) is 1.26. The molecule has 212 valence electrons. The van der Waals surface area contributed by atoms with Crippen molar-refractivity contribution in [2.45, 2.75) is 42.1 Å². The minimum Gasteiger partial charge on any atom is -0.384 e. The van der Waals surface area contributed by atoms with Gasteiger partial charge in [-0.1, -0.05) is 23.9 Å². The molecule has 1 aliphatic carbocycles. The first kappa shape index (κ1) is 27.4. The highest BCUT2D eigenvalue weighted by atomic mass is 32.2. The van der Waals surface area contributed by atoms with Crippen LogP contribution in [0.4, 0.5) is 23.4 Å². The standard InChI is InChI=1S/C29H25F4N5O2S/c30-26(31)29(40)13-28(14-29)15-38(16-28)24-6-2-5-21(37-24)22-8-7-18-11-34-19(10-23(18)36-22)12-35-25(39)17-3-1-4-20(9-17)41-27(32)33/h1-11,26-27,40H,12-16H2,(H,35,39). The number of aromatic nitrogens is 3. The van der Waals surface area contributed by atoms with Crippen molar-refractivity contribution in [1.82, 2.24) is 20.3 Å². The molecule has 6 rings (SSSR count). The Morgan fingerprint density at radius 2 is 1.76 bits per heavy atom. The van der Waals surface area contributed by atoms with Crippen molar-refractivity contribution in [3.8, 4) is 11.4 Å². The first-order valence-corrected chi connectivity index (χ1v) is 13.8. The van der Waals surface area contributed by atoms with Gasteiger partial charge < -0.3 is 15.3 Å². The molecule has 1 amide bonds. The van der Waals surface area contributed by atoms with E-state index in [1.165, 1.54) is 12.1 Å². The number of carbonyl (C=O) groups excluding carboxylic acids is 1. The lowest BCUT2D eigenvalue weighted by Gasteiger charge is -2.62. The average molecular weight is 584 g/mol. The Hall–Kier alpha value is -3.77. The van der Waals surface area contributed by atoms with Crippen LogP contribution in [0.1, 0.15) is 28.9 Å². The Kier molecular flexibility index (Phi) is 7.06. The highest BCUT2D eigenvalue weighted by Crippen LogP contribution is 2.56. The second-order valence-electron chi connectivity index (χ2n) is 10.6. The zero-order valence-corrected chi connectivity index (χ0v) is 22.4. The van der Waals surface area contributed by atoms with E-state index >= 15 is 0 Å². The van der Waals surface area contributed by atoms with Crippen molar-refractivity contribution < 1.29 is 27.5 Å². The fourth-order valence-corrected chi connectivity index (χ4v) is 6.23. The van der Waals surface area contributed by atoms with E-state index in [1.54, 1.807) is 24.4 Å². The molecule has 4 aromatic rings. The summed E-state index contributed by atoms with van der Waals surface area (Å²) >= 11 is 0.381. The van der Waals surface area contributed by atoms with Gasteiger partial charge in [0.15, 0.2) is 0 Å². The largest absolute Gasteiger partial charge is 0.384 e. The molecule has 1 aromatic carbocycles. The molecule has 1 saturated carbocycles. The van der Waals surface area contributed by atoms with Crippen molar-refractivity contribution in [1.29, 1.82) is 0 Å². The maximum atomic E-state index is 13.0. The van der Waals surface area contributed by atoms with Gasteiger partial charge in [-0.3, -0.25) is 9.78 Å². The number of alkyl halides is 4. The van der Waals surface area contributed by atoms with Crippen molar-refractivity contribution in [2.75, 3.05) is 18.0 Å². The van der Waals surface area contributed by atoms with Gasteiger partial charge in [-0.2, -0.15) is 8.78 Å². The first-order chi connectivity index (χ1) is 19.6. The molecule has 12 heteroatoms. The van der Waals surface area contributed by atoms with Gasteiger partial charge in [-0.25, -0.2) is 18.7 Å². The molecule has 1 spiro atoms. The highest BCUT2D eigenvalue weighted by molar-refractivity contribution is 7.99. The second kappa shape index (κ2) is 10.6. The van der Waals surface area contributed by atoms with Crippen LogP contribution in [-0.2, 0) is 6.54 Å². The molecule has 0 atom stereocenters. The predicted molar refractivity (Wildman–Crippen MR) is 147 cm³/mol. The number of hydrogen-bond donors (Lipinski definition) is 2. The maximum Gasteiger partial charge on any atom is 0.288 e. The molecule has 1 aliphatic heterocycles. The average Bonchev–Trinajstić information content (AvgIpc) is 2.92. The highest BCUT2D eigenvalue weighted by Gasteiger charge is 2.63. The van der Waals surface area contributed by atoms with Crippen molar-refractivity contribution >= 4 is 34.4 Å². The number of anilines is 1. The van der Waals surface area contributed by atoms with Crippen LogP contribution in [0.5, 0.6) is 0 Å². The number of nitrogens with zero attached hydrogens (tertiary/aromatic N) is 4. The summed E-state index contributed by atoms with van der Waals surface area (Å²) in [6.07, 6.45) is -0.871. The van der Waals surface area contributed by atoms with Crippen LogP contribution in [0.3, 0.4) is 0 Å². The van der Waals surface area contributed by atoms with Crippen LogP contribution in [0, 0.1) is 5.41 Å². The van der Waals surface area contributed by atoms with Gasteiger partial charge in [0, 0.05) is 40.5 Å². The smallest absolute Gasteiger partial charge is 0.288 e. The van der Waals surface area contributed by atoms with Crippen molar-refractivity contribution in [3.63, 3.8) is 0 Å². The van der Waals surface area contributed by atoms with Gasteiger partial charge in [0.2, 0.25) is 0 Å². The summed E-state index contributed by atoms with van der Waals surface area (Å²) in [6, 6.07) is 17.1. The molecule has 7 nitrogen and oxygen atoms in total. The van der Waals surface area contributed by atoms with Crippen LogP contribution in [0.15, 0.2) is 71.8 Å². The molecule has 1 saturated heterocycles. The van der Waals surface area contributed by atoms with E-state index in [1.807, 2.05) is 35.2 Å². The molecular weight excluding hydrogens is 558 g/mol. The zero-order valence-electron chi connectivity index (χ0n) is 21.6. The van der Waals surface area contributed by atoms with Gasteiger partial charge in [-0.15, -0.1) is 0 Å². The van der Waals surface area contributed by atoms with Crippen LogP contribution in [0.25, 0.3) is 22.3 Å². The van der Waals surface area contributed by atoms with Gasteiger partial charge in [0.25, 0.3) is 18.1 Å². The van der Waals surface area contributed by atoms with Crippen molar-refractivity contribution in [2.24, 2.45) is 5.41 Å². The summed E-state index contributed by atoms with van der Waals surface area (Å²) < 4.78 is 51.4. The Bertz CT molecular complexity index is 1610. The molecule has 4 heterocycles. The lowest BCUT2D eigenvalue weighted by molar-refractivity contribution is -0.209. The number of fused-ring (bicyclic) bond motifs is 1. The molecule has 0 bridgehead atoms. The minimum absolute atomic E-state index is 0.0983. The van der Waals surface area contributed by atoms with E-state index in [9.17, 15) is 27.5 Å². The monoisotopic (exact) mass is 583 g/mol. The lowest BCUT2D eigenvalue weighted by Crippen LogP contribution is -2.70. The first-order valence-electron chi connectivity index (χ1n) is 12.9. The molecular formula is C29H25F4N5O2S. The normalized spacial score (nSPS) is 17.1. The van der Waals surface area contributed by atoms with Gasteiger partial charge >= 0.3 is 0 Å². The SMILES string of the molecule is O=C(NCc1cc2nc(-c3cccc(N4CC5(C4)CC(O)(C(F)F)C5)n3)ccc2cn1)c1cccc(SC(F)F)c1. The number of amides is 1. The summed E-state index contributed by atoms with van der Waals surface area (Å²) in [4.78, 5) is 28.8.